The molecule has 0 spiro atoms. The van der Waals surface area contributed by atoms with E-state index in [1.165, 1.54) is 4.31 Å². The molecule has 0 saturated heterocycles. The summed E-state index contributed by atoms with van der Waals surface area (Å²) in [5.74, 6) is 0. The van der Waals surface area contributed by atoms with Crippen molar-refractivity contribution in [3.05, 3.63) is 18.0 Å². The standard InChI is InChI=1S/C14H27N3O2S/c1-6-8-17-11-14(20(18,19)16(5)7-2)9-13(17)10-15-12(3)4/h9,11-12,15H,6-8,10H2,1-5H3. The Morgan fingerprint density at radius 2 is 2.00 bits per heavy atom. The summed E-state index contributed by atoms with van der Waals surface area (Å²) in [5, 5.41) is 3.34. The smallest absolute Gasteiger partial charge is 0.244 e. The van der Waals surface area contributed by atoms with Crippen LogP contribution in [0.3, 0.4) is 0 Å². The SMILES string of the molecule is CCCn1cc(S(=O)(=O)N(C)CC)cc1CNC(C)C. The fraction of sp³-hybridized carbons (Fsp3) is 0.714. The van der Waals surface area contributed by atoms with Crippen LogP contribution in [0.1, 0.15) is 39.8 Å². The molecule has 0 fully saturated rings. The van der Waals surface area contributed by atoms with E-state index in [1.54, 1.807) is 19.3 Å². The molecule has 1 aromatic rings. The number of nitrogens with one attached hydrogen (secondary N) is 1. The monoisotopic (exact) mass is 301 g/mol. The van der Waals surface area contributed by atoms with Gasteiger partial charge in [-0.1, -0.05) is 27.7 Å². The van der Waals surface area contributed by atoms with E-state index in [2.05, 4.69) is 26.1 Å². The maximum Gasteiger partial charge on any atom is 0.244 e. The first kappa shape index (κ1) is 17.2. The van der Waals surface area contributed by atoms with Gasteiger partial charge in [0.1, 0.15) is 4.90 Å². The van der Waals surface area contributed by atoms with E-state index in [1.807, 2.05) is 11.5 Å². The molecular formula is C14H27N3O2S. The zero-order valence-electron chi connectivity index (χ0n) is 13.2. The van der Waals surface area contributed by atoms with E-state index < -0.39 is 10.0 Å². The molecule has 5 nitrogen and oxygen atoms in total. The number of nitrogens with zero attached hydrogens (tertiary/aromatic N) is 2. The first-order chi connectivity index (χ1) is 9.32. The molecule has 0 bridgehead atoms. The van der Waals surface area contributed by atoms with Gasteiger partial charge in [-0.15, -0.1) is 0 Å². The van der Waals surface area contributed by atoms with Crippen LogP contribution < -0.4 is 5.32 Å². The van der Waals surface area contributed by atoms with Crippen LogP contribution in [0.5, 0.6) is 0 Å². The van der Waals surface area contributed by atoms with E-state index in [0.717, 1.165) is 18.7 Å². The van der Waals surface area contributed by atoms with E-state index in [0.29, 0.717) is 24.0 Å². The Kier molecular flexibility index (Phi) is 6.23. The second-order valence-corrected chi connectivity index (χ2v) is 7.36. The maximum absolute atomic E-state index is 12.4. The lowest BCUT2D eigenvalue weighted by atomic mass is 10.3. The fourth-order valence-electron chi connectivity index (χ4n) is 1.92. The third kappa shape index (κ3) is 4.07. The fourth-order valence-corrected chi connectivity index (χ4v) is 3.17. The van der Waals surface area contributed by atoms with E-state index in [-0.39, 0.29) is 0 Å². The molecule has 1 aromatic heterocycles. The Morgan fingerprint density at radius 1 is 1.35 bits per heavy atom. The average Bonchev–Trinajstić information content (AvgIpc) is 2.79. The minimum atomic E-state index is -3.36. The lowest BCUT2D eigenvalue weighted by Gasteiger charge is -2.13. The predicted molar refractivity (Wildman–Crippen MR) is 82.2 cm³/mol. The Morgan fingerprint density at radius 3 is 2.50 bits per heavy atom. The summed E-state index contributed by atoms with van der Waals surface area (Å²) in [7, 11) is -1.75. The normalized spacial score (nSPS) is 12.6. The molecule has 1 rings (SSSR count). The van der Waals surface area contributed by atoms with E-state index in [4.69, 9.17) is 0 Å². The molecule has 116 valence electrons. The number of hydrogen-bond acceptors (Lipinski definition) is 3. The summed E-state index contributed by atoms with van der Waals surface area (Å²) in [4.78, 5) is 0.385. The summed E-state index contributed by atoms with van der Waals surface area (Å²) >= 11 is 0. The number of rotatable bonds is 8. The lowest BCUT2D eigenvalue weighted by Crippen LogP contribution is -2.26. The molecule has 1 heterocycles. The minimum Gasteiger partial charge on any atom is -0.349 e. The van der Waals surface area contributed by atoms with Crippen molar-refractivity contribution in [2.75, 3.05) is 13.6 Å². The molecule has 6 heteroatoms. The quantitative estimate of drug-likeness (QED) is 0.799. The second-order valence-electron chi connectivity index (χ2n) is 5.32. The summed E-state index contributed by atoms with van der Waals surface area (Å²) in [5.41, 5.74) is 1.02. The van der Waals surface area contributed by atoms with E-state index in [9.17, 15) is 8.42 Å². The van der Waals surface area contributed by atoms with Crippen molar-refractivity contribution >= 4 is 10.0 Å². The van der Waals surface area contributed by atoms with Crippen molar-refractivity contribution in [2.45, 2.75) is 58.1 Å². The molecule has 0 aromatic carbocycles. The Hall–Kier alpha value is -0.850. The summed E-state index contributed by atoms with van der Waals surface area (Å²) in [6, 6.07) is 2.16. The summed E-state index contributed by atoms with van der Waals surface area (Å²) < 4.78 is 28.1. The van der Waals surface area contributed by atoms with Gasteiger partial charge in [0.25, 0.3) is 0 Å². The zero-order valence-corrected chi connectivity index (χ0v) is 14.0. The van der Waals surface area contributed by atoms with Gasteiger partial charge in [0.05, 0.1) is 0 Å². The topological polar surface area (TPSA) is 54.3 Å². The van der Waals surface area contributed by atoms with Gasteiger partial charge in [-0.2, -0.15) is 0 Å². The molecule has 0 atom stereocenters. The van der Waals surface area contributed by atoms with Gasteiger partial charge in [0, 0.05) is 44.6 Å². The molecule has 20 heavy (non-hydrogen) atoms. The van der Waals surface area contributed by atoms with Gasteiger partial charge in [-0.3, -0.25) is 0 Å². The van der Waals surface area contributed by atoms with Crippen LogP contribution in [0.15, 0.2) is 17.2 Å². The highest BCUT2D eigenvalue weighted by molar-refractivity contribution is 7.89. The van der Waals surface area contributed by atoms with Crippen LogP contribution in [0.2, 0.25) is 0 Å². The molecule has 0 aliphatic rings. The highest BCUT2D eigenvalue weighted by Gasteiger charge is 2.22. The van der Waals surface area contributed by atoms with Crippen molar-refractivity contribution in [3.8, 4) is 0 Å². The van der Waals surface area contributed by atoms with Gasteiger partial charge < -0.3 is 9.88 Å². The van der Waals surface area contributed by atoms with Gasteiger partial charge in [0.2, 0.25) is 10.0 Å². The third-order valence-electron chi connectivity index (χ3n) is 3.27. The molecule has 0 unspecified atom stereocenters. The van der Waals surface area contributed by atoms with Crippen LogP contribution in [-0.4, -0.2) is 36.9 Å². The molecular weight excluding hydrogens is 274 g/mol. The number of aromatic nitrogens is 1. The molecule has 1 N–H and O–H groups in total. The van der Waals surface area contributed by atoms with Crippen molar-refractivity contribution in [1.82, 2.24) is 14.2 Å². The highest BCUT2D eigenvalue weighted by Crippen LogP contribution is 2.18. The van der Waals surface area contributed by atoms with Gasteiger partial charge in [-0.05, 0) is 12.5 Å². The Bertz CT molecular complexity index is 521. The third-order valence-corrected chi connectivity index (χ3v) is 5.17. The van der Waals surface area contributed by atoms with Crippen molar-refractivity contribution in [2.24, 2.45) is 0 Å². The van der Waals surface area contributed by atoms with E-state index >= 15 is 0 Å². The Balaban J connectivity index is 3.08. The average molecular weight is 301 g/mol. The van der Waals surface area contributed by atoms with Crippen LogP contribution in [-0.2, 0) is 23.1 Å². The largest absolute Gasteiger partial charge is 0.349 e. The van der Waals surface area contributed by atoms with Crippen molar-refractivity contribution in [3.63, 3.8) is 0 Å². The lowest BCUT2D eigenvalue weighted by molar-refractivity contribution is 0.486. The number of hydrogen-bond donors (Lipinski definition) is 1. The van der Waals surface area contributed by atoms with Crippen molar-refractivity contribution in [1.29, 1.82) is 0 Å². The second kappa shape index (κ2) is 7.24. The molecule has 0 aliphatic heterocycles. The van der Waals surface area contributed by atoms with Gasteiger partial charge >= 0.3 is 0 Å². The van der Waals surface area contributed by atoms with Crippen molar-refractivity contribution < 1.29 is 8.42 Å². The summed E-state index contributed by atoms with van der Waals surface area (Å²) in [6.07, 6.45) is 2.73. The minimum absolute atomic E-state index is 0.373. The first-order valence-corrected chi connectivity index (χ1v) is 8.65. The van der Waals surface area contributed by atoms with Crippen LogP contribution in [0.25, 0.3) is 0 Å². The summed E-state index contributed by atoms with van der Waals surface area (Å²) in [6.45, 7) is 10.1. The van der Waals surface area contributed by atoms with Gasteiger partial charge in [-0.25, -0.2) is 12.7 Å². The molecule has 0 aliphatic carbocycles. The highest BCUT2D eigenvalue weighted by atomic mass is 32.2. The number of aryl methyl sites for hydroxylation is 1. The van der Waals surface area contributed by atoms with Gasteiger partial charge in [0.15, 0.2) is 0 Å². The van der Waals surface area contributed by atoms with Crippen LogP contribution >= 0.6 is 0 Å². The molecule has 0 saturated carbocycles. The Labute approximate surface area is 123 Å². The first-order valence-electron chi connectivity index (χ1n) is 7.21. The van der Waals surface area contributed by atoms with Crippen LogP contribution in [0.4, 0.5) is 0 Å². The molecule has 0 amide bonds. The maximum atomic E-state index is 12.4. The number of sulfonamides is 1. The molecule has 0 radical (unpaired) electrons. The van der Waals surface area contributed by atoms with Crippen LogP contribution in [0, 0.1) is 0 Å². The zero-order chi connectivity index (χ0) is 15.3. The predicted octanol–water partition coefficient (Wildman–Crippen LogP) is 2.04.